The largest absolute Gasteiger partial charge is 0.305 e. The summed E-state index contributed by atoms with van der Waals surface area (Å²) in [6.45, 7) is 11.9. The van der Waals surface area contributed by atoms with Crippen LogP contribution in [0, 0.1) is 0 Å². The Kier molecular flexibility index (Phi) is 5.13. The summed E-state index contributed by atoms with van der Waals surface area (Å²) < 4.78 is 0. The molecule has 2 nitrogen and oxygen atoms in total. The summed E-state index contributed by atoms with van der Waals surface area (Å²) >= 11 is 5.89. The number of nitrogens with one attached hydrogen (secondary N) is 1. The van der Waals surface area contributed by atoms with Crippen molar-refractivity contribution in [2.75, 3.05) is 19.6 Å². The van der Waals surface area contributed by atoms with Crippen LogP contribution in [0.25, 0.3) is 0 Å². The Morgan fingerprint density at radius 1 is 1.33 bits per heavy atom. The number of hydrogen-bond donors (Lipinski definition) is 1. The zero-order valence-corrected chi connectivity index (χ0v) is 14.4. The van der Waals surface area contributed by atoms with Gasteiger partial charge in [-0.15, -0.1) is 0 Å². The van der Waals surface area contributed by atoms with E-state index >= 15 is 0 Å². The van der Waals surface area contributed by atoms with Gasteiger partial charge in [0.1, 0.15) is 0 Å². The van der Waals surface area contributed by atoms with Gasteiger partial charge in [0.05, 0.1) is 5.54 Å². The van der Waals surface area contributed by atoms with Crippen LogP contribution >= 0.6 is 11.6 Å². The van der Waals surface area contributed by atoms with Gasteiger partial charge in [-0.3, -0.25) is 4.90 Å². The average molecular weight is 307 g/mol. The predicted molar refractivity (Wildman–Crippen MR) is 91.7 cm³/mol. The molecule has 21 heavy (non-hydrogen) atoms. The van der Waals surface area contributed by atoms with Crippen LogP contribution in [0.15, 0.2) is 41.4 Å². The van der Waals surface area contributed by atoms with E-state index in [1.165, 1.54) is 11.1 Å². The lowest BCUT2D eigenvalue weighted by Crippen LogP contribution is -2.66. The van der Waals surface area contributed by atoms with Gasteiger partial charge in [0, 0.05) is 30.7 Å². The topological polar surface area (TPSA) is 15.3 Å². The Bertz CT molecular complexity index is 499. The van der Waals surface area contributed by atoms with Gasteiger partial charge >= 0.3 is 0 Å². The third-order valence-corrected chi connectivity index (χ3v) is 5.30. The van der Waals surface area contributed by atoms with Crippen molar-refractivity contribution in [2.45, 2.75) is 45.2 Å². The van der Waals surface area contributed by atoms with Crippen molar-refractivity contribution >= 4 is 11.6 Å². The highest BCUT2D eigenvalue weighted by atomic mass is 35.5. The van der Waals surface area contributed by atoms with Crippen LogP contribution in [0.1, 0.15) is 39.7 Å². The molecule has 0 aromatic heterocycles. The molecule has 1 aliphatic rings. The third-order valence-electron chi connectivity index (χ3n) is 4.93. The van der Waals surface area contributed by atoms with Crippen LogP contribution in [-0.4, -0.2) is 30.1 Å². The molecule has 2 rings (SSSR count). The van der Waals surface area contributed by atoms with Crippen LogP contribution in [0.3, 0.4) is 0 Å². The number of halogens is 1. The van der Waals surface area contributed by atoms with E-state index in [0.29, 0.717) is 0 Å². The molecular weight excluding hydrogens is 280 g/mol. The van der Waals surface area contributed by atoms with Gasteiger partial charge in [0.25, 0.3) is 0 Å². The SMILES string of the molecule is CCC1(C)CNC(C)(c2ccccc2)CN1C/C(C)=C/Cl. The molecule has 116 valence electrons. The van der Waals surface area contributed by atoms with Gasteiger partial charge in [0.2, 0.25) is 0 Å². The van der Waals surface area contributed by atoms with E-state index in [0.717, 1.165) is 26.1 Å². The minimum absolute atomic E-state index is 0.0114. The number of nitrogens with zero attached hydrogens (tertiary/aromatic N) is 1. The van der Waals surface area contributed by atoms with Gasteiger partial charge in [-0.1, -0.05) is 48.9 Å². The average Bonchev–Trinajstić information content (AvgIpc) is 2.52. The minimum Gasteiger partial charge on any atom is -0.305 e. The first-order valence-corrected chi connectivity index (χ1v) is 8.18. The van der Waals surface area contributed by atoms with Crippen LogP contribution in [0.4, 0.5) is 0 Å². The number of hydrogen-bond acceptors (Lipinski definition) is 2. The summed E-state index contributed by atoms with van der Waals surface area (Å²) in [5.41, 5.74) is 4.44. The maximum atomic E-state index is 5.89. The fourth-order valence-corrected chi connectivity index (χ4v) is 3.13. The van der Waals surface area contributed by atoms with Crippen LogP contribution in [0.2, 0.25) is 0 Å². The summed E-state index contributed by atoms with van der Waals surface area (Å²) in [5.74, 6) is 0. The summed E-state index contributed by atoms with van der Waals surface area (Å²) in [4.78, 5) is 2.57. The van der Waals surface area contributed by atoms with Gasteiger partial charge in [-0.2, -0.15) is 0 Å². The van der Waals surface area contributed by atoms with E-state index in [1.54, 1.807) is 5.54 Å². The third kappa shape index (κ3) is 3.50. The molecule has 0 bridgehead atoms. The van der Waals surface area contributed by atoms with Crippen molar-refractivity contribution in [3.63, 3.8) is 0 Å². The zero-order chi connectivity index (χ0) is 15.5. The second-order valence-electron chi connectivity index (χ2n) is 6.71. The molecule has 1 N–H and O–H groups in total. The Labute approximate surface area is 134 Å². The number of rotatable bonds is 4. The van der Waals surface area contributed by atoms with Crippen LogP contribution < -0.4 is 5.32 Å². The van der Waals surface area contributed by atoms with Crippen molar-refractivity contribution in [1.82, 2.24) is 10.2 Å². The molecule has 0 saturated carbocycles. The highest BCUT2D eigenvalue weighted by molar-refractivity contribution is 6.25. The lowest BCUT2D eigenvalue weighted by molar-refractivity contribution is 0.0247. The molecule has 1 aromatic carbocycles. The molecule has 0 spiro atoms. The van der Waals surface area contributed by atoms with Crippen molar-refractivity contribution in [2.24, 2.45) is 0 Å². The van der Waals surface area contributed by atoms with Crippen molar-refractivity contribution in [3.05, 3.63) is 47.0 Å². The van der Waals surface area contributed by atoms with E-state index < -0.39 is 0 Å². The Balaban J connectivity index is 2.27. The van der Waals surface area contributed by atoms with Gasteiger partial charge in [0.15, 0.2) is 0 Å². The Hall–Kier alpha value is -0.830. The molecule has 2 unspecified atom stereocenters. The standard InChI is InChI=1S/C18H27ClN2/c1-5-17(3)13-20-18(4,16-9-7-6-8-10-16)14-21(17)12-15(2)11-19/h6-11,20H,5,12-14H2,1-4H3/b15-11+. The van der Waals surface area contributed by atoms with Gasteiger partial charge < -0.3 is 5.32 Å². The smallest absolute Gasteiger partial charge is 0.0535 e. The highest BCUT2D eigenvalue weighted by Gasteiger charge is 2.42. The molecular formula is C18H27ClN2. The molecule has 1 aliphatic heterocycles. The van der Waals surface area contributed by atoms with E-state index in [1.807, 2.05) is 0 Å². The summed E-state index contributed by atoms with van der Waals surface area (Å²) in [6.07, 6.45) is 1.13. The maximum Gasteiger partial charge on any atom is 0.0535 e. The lowest BCUT2D eigenvalue weighted by atomic mass is 9.83. The molecule has 1 fully saturated rings. The van der Waals surface area contributed by atoms with E-state index in [2.05, 4.69) is 68.2 Å². The first-order valence-electron chi connectivity index (χ1n) is 7.75. The Morgan fingerprint density at radius 2 is 2.00 bits per heavy atom. The van der Waals surface area contributed by atoms with Crippen LogP contribution in [-0.2, 0) is 5.54 Å². The van der Waals surface area contributed by atoms with E-state index in [-0.39, 0.29) is 11.1 Å². The fraction of sp³-hybridized carbons (Fsp3) is 0.556. The van der Waals surface area contributed by atoms with Gasteiger partial charge in [-0.25, -0.2) is 0 Å². The first kappa shape index (κ1) is 16.5. The van der Waals surface area contributed by atoms with E-state index in [9.17, 15) is 0 Å². The van der Waals surface area contributed by atoms with Crippen molar-refractivity contribution < 1.29 is 0 Å². The molecule has 1 aromatic rings. The van der Waals surface area contributed by atoms with Crippen molar-refractivity contribution in [3.8, 4) is 0 Å². The monoisotopic (exact) mass is 306 g/mol. The summed E-state index contributed by atoms with van der Waals surface area (Å²) in [6, 6.07) is 10.7. The summed E-state index contributed by atoms with van der Waals surface area (Å²) in [5, 5.41) is 3.78. The number of benzene rings is 1. The zero-order valence-electron chi connectivity index (χ0n) is 13.6. The van der Waals surface area contributed by atoms with Gasteiger partial charge in [-0.05, 0) is 38.3 Å². The molecule has 0 aliphatic carbocycles. The molecule has 3 heteroatoms. The minimum atomic E-state index is -0.0114. The molecule has 2 atom stereocenters. The molecule has 1 saturated heterocycles. The lowest BCUT2D eigenvalue weighted by Gasteiger charge is -2.52. The highest BCUT2D eigenvalue weighted by Crippen LogP contribution is 2.32. The number of piperazine rings is 1. The Morgan fingerprint density at radius 3 is 2.57 bits per heavy atom. The predicted octanol–water partition coefficient (Wildman–Crippen LogP) is 4.12. The summed E-state index contributed by atoms with van der Waals surface area (Å²) in [7, 11) is 0. The normalized spacial score (nSPS) is 31.4. The fourth-order valence-electron chi connectivity index (χ4n) is 3.06. The molecule has 1 heterocycles. The van der Waals surface area contributed by atoms with E-state index in [4.69, 9.17) is 11.6 Å². The second-order valence-corrected chi connectivity index (χ2v) is 6.93. The maximum absolute atomic E-state index is 5.89. The second kappa shape index (κ2) is 6.51. The van der Waals surface area contributed by atoms with Crippen LogP contribution in [0.5, 0.6) is 0 Å². The molecule has 0 amide bonds. The quantitative estimate of drug-likeness (QED) is 0.900. The first-order chi connectivity index (χ1) is 9.93. The van der Waals surface area contributed by atoms with Crippen molar-refractivity contribution in [1.29, 1.82) is 0 Å². The molecule has 0 radical (unpaired) electrons.